The molecule has 0 bridgehead atoms. The van der Waals surface area contributed by atoms with Gasteiger partial charge in [0.05, 0.1) is 18.9 Å². The van der Waals surface area contributed by atoms with E-state index in [0.717, 1.165) is 11.3 Å². The first kappa shape index (κ1) is 21.7. The van der Waals surface area contributed by atoms with Crippen LogP contribution >= 0.6 is 0 Å². The summed E-state index contributed by atoms with van der Waals surface area (Å²) in [5.41, 5.74) is 3.07. The normalized spacial score (nSPS) is 13.9. The van der Waals surface area contributed by atoms with Crippen molar-refractivity contribution in [1.29, 1.82) is 0 Å². The van der Waals surface area contributed by atoms with Crippen molar-refractivity contribution in [1.82, 2.24) is 19.7 Å². The lowest BCUT2D eigenvalue weighted by molar-refractivity contribution is 0.0303. The summed E-state index contributed by atoms with van der Waals surface area (Å²) in [6, 6.07) is 14.9. The second kappa shape index (κ2) is 9.32. The van der Waals surface area contributed by atoms with Gasteiger partial charge >= 0.3 is 0 Å². The van der Waals surface area contributed by atoms with Crippen LogP contribution in [0.5, 0.6) is 0 Å². The second-order valence-corrected chi connectivity index (χ2v) is 8.05. The van der Waals surface area contributed by atoms with Gasteiger partial charge < -0.3 is 15.0 Å². The Morgan fingerprint density at radius 2 is 1.81 bits per heavy atom. The number of hydrogen-bond acceptors (Lipinski definition) is 5. The standard InChI is InChI=1S/C24H27N5O3/c1-16(2)20-9-4-5-10-21(20)29-17(3)25-22(27-29)23(30)26-19-8-6-7-18(15-19)24(31)28-11-13-32-14-12-28/h4-10,15-16H,11-14H2,1-3H3,(H,26,30). The molecule has 0 spiro atoms. The largest absolute Gasteiger partial charge is 0.378 e. The lowest BCUT2D eigenvalue weighted by atomic mass is 10.0. The molecule has 1 aliphatic rings. The highest BCUT2D eigenvalue weighted by Gasteiger charge is 2.20. The summed E-state index contributed by atoms with van der Waals surface area (Å²) < 4.78 is 7.01. The van der Waals surface area contributed by atoms with Gasteiger partial charge in [0.25, 0.3) is 11.8 Å². The fourth-order valence-corrected chi connectivity index (χ4v) is 3.75. The first-order valence-corrected chi connectivity index (χ1v) is 10.8. The molecule has 0 aliphatic carbocycles. The van der Waals surface area contributed by atoms with Crippen LogP contribution in [0.1, 0.15) is 52.1 Å². The van der Waals surface area contributed by atoms with Gasteiger partial charge in [0, 0.05) is 24.3 Å². The van der Waals surface area contributed by atoms with Crippen LogP contribution in [0.4, 0.5) is 5.69 Å². The van der Waals surface area contributed by atoms with Gasteiger partial charge in [-0.05, 0) is 42.7 Å². The second-order valence-electron chi connectivity index (χ2n) is 8.05. The minimum Gasteiger partial charge on any atom is -0.378 e. The van der Waals surface area contributed by atoms with Crippen LogP contribution in [0.3, 0.4) is 0 Å². The van der Waals surface area contributed by atoms with E-state index in [2.05, 4.69) is 35.3 Å². The third-order valence-corrected chi connectivity index (χ3v) is 5.42. The third-order valence-electron chi connectivity index (χ3n) is 5.42. The van der Waals surface area contributed by atoms with Crippen LogP contribution in [0.2, 0.25) is 0 Å². The van der Waals surface area contributed by atoms with E-state index in [1.165, 1.54) is 0 Å². The number of benzene rings is 2. The highest BCUT2D eigenvalue weighted by Crippen LogP contribution is 2.23. The number of hydrogen-bond donors (Lipinski definition) is 1. The number of rotatable bonds is 5. The molecule has 1 aliphatic heterocycles. The maximum Gasteiger partial charge on any atom is 0.295 e. The first-order valence-electron chi connectivity index (χ1n) is 10.8. The molecule has 1 saturated heterocycles. The SMILES string of the molecule is Cc1nc(C(=O)Nc2cccc(C(=O)N3CCOCC3)c2)nn1-c1ccccc1C(C)C. The maximum absolute atomic E-state index is 12.9. The number of ether oxygens (including phenoxy) is 1. The summed E-state index contributed by atoms with van der Waals surface area (Å²) in [5.74, 6) is 0.502. The molecule has 0 radical (unpaired) electrons. The van der Waals surface area contributed by atoms with Crippen LogP contribution in [0.25, 0.3) is 5.69 Å². The van der Waals surface area contributed by atoms with Gasteiger partial charge in [0.15, 0.2) is 0 Å². The molecule has 32 heavy (non-hydrogen) atoms. The van der Waals surface area contributed by atoms with Crippen molar-refractivity contribution in [2.24, 2.45) is 0 Å². The molecule has 1 fully saturated rings. The van der Waals surface area contributed by atoms with Crippen LogP contribution in [-0.4, -0.2) is 57.8 Å². The fourth-order valence-electron chi connectivity index (χ4n) is 3.75. The molecular weight excluding hydrogens is 406 g/mol. The minimum atomic E-state index is -0.426. The van der Waals surface area contributed by atoms with Crippen molar-refractivity contribution < 1.29 is 14.3 Å². The van der Waals surface area contributed by atoms with E-state index in [-0.39, 0.29) is 11.7 Å². The zero-order valence-electron chi connectivity index (χ0n) is 18.5. The summed E-state index contributed by atoms with van der Waals surface area (Å²) >= 11 is 0. The van der Waals surface area contributed by atoms with Crippen LogP contribution in [0, 0.1) is 6.92 Å². The highest BCUT2D eigenvalue weighted by atomic mass is 16.5. The van der Waals surface area contributed by atoms with E-state index in [4.69, 9.17) is 4.74 Å². The van der Waals surface area contributed by atoms with Crippen molar-refractivity contribution in [2.45, 2.75) is 26.7 Å². The van der Waals surface area contributed by atoms with Gasteiger partial charge in [-0.15, -0.1) is 5.10 Å². The predicted octanol–water partition coefficient (Wildman–Crippen LogP) is 3.42. The number of nitrogens with zero attached hydrogens (tertiary/aromatic N) is 4. The summed E-state index contributed by atoms with van der Waals surface area (Å²) in [6.07, 6.45) is 0. The molecule has 2 aromatic carbocycles. The smallest absolute Gasteiger partial charge is 0.295 e. The molecule has 8 heteroatoms. The van der Waals surface area contributed by atoms with Crippen LogP contribution < -0.4 is 5.32 Å². The van der Waals surface area contributed by atoms with Gasteiger partial charge in [-0.3, -0.25) is 9.59 Å². The lowest BCUT2D eigenvalue weighted by Gasteiger charge is -2.27. The predicted molar refractivity (Wildman–Crippen MR) is 121 cm³/mol. The van der Waals surface area contributed by atoms with Gasteiger partial charge in [0.1, 0.15) is 5.82 Å². The maximum atomic E-state index is 12.9. The number of aryl methyl sites for hydroxylation is 1. The number of anilines is 1. The molecule has 1 aromatic heterocycles. The number of para-hydroxylation sites is 1. The lowest BCUT2D eigenvalue weighted by Crippen LogP contribution is -2.40. The van der Waals surface area contributed by atoms with Crippen molar-refractivity contribution in [3.63, 3.8) is 0 Å². The molecule has 2 amide bonds. The molecule has 166 valence electrons. The van der Waals surface area contributed by atoms with Crippen molar-refractivity contribution >= 4 is 17.5 Å². The fraction of sp³-hybridized carbons (Fsp3) is 0.333. The quantitative estimate of drug-likeness (QED) is 0.666. The van der Waals surface area contributed by atoms with Crippen molar-refractivity contribution in [3.8, 4) is 5.69 Å². The monoisotopic (exact) mass is 433 g/mol. The van der Waals surface area contributed by atoms with E-state index in [0.29, 0.717) is 49.3 Å². The summed E-state index contributed by atoms with van der Waals surface area (Å²) in [5, 5.41) is 7.27. The Kier molecular flexibility index (Phi) is 6.32. The average molecular weight is 434 g/mol. The van der Waals surface area contributed by atoms with Crippen LogP contribution in [-0.2, 0) is 4.74 Å². The molecule has 3 aromatic rings. The van der Waals surface area contributed by atoms with Crippen molar-refractivity contribution in [3.05, 3.63) is 71.3 Å². The Morgan fingerprint density at radius 1 is 1.06 bits per heavy atom. The molecule has 4 rings (SSSR count). The molecule has 0 unspecified atom stereocenters. The molecule has 0 saturated carbocycles. The van der Waals surface area contributed by atoms with E-state index >= 15 is 0 Å². The zero-order chi connectivity index (χ0) is 22.7. The summed E-state index contributed by atoms with van der Waals surface area (Å²) in [6.45, 7) is 8.25. The Hall–Kier alpha value is -3.52. The van der Waals surface area contributed by atoms with E-state index < -0.39 is 5.91 Å². The zero-order valence-corrected chi connectivity index (χ0v) is 18.5. The van der Waals surface area contributed by atoms with E-state index in [1.54, 1.807) is 33.8 Å². The van der Waals surface area contributed by atoms with Gasteiger partial charge in [0.2, 0.25) is 5.82 Å². The number of carbonyl (C=O) groups is 2. The average Bonchev–Trinajstić information content (AvgIpc) is 3.21. The molecule has 8 nitrogen and oxygen atoms in total. The number of aromatic nitrogens is 3. The topological polar surface area (TPSA) is 89.3 Å². The molecular formula is C24H27N5O3. The summed E-state index contributed by atoms with van der Waals surface area (Å²) in [7, 11) is 0. The Labute approximate surface area is 187 Å². The van der Waals surface area contributed by atoms with Crippen LogP contribution in [0.15, 0.2) is 48.5 Å². The number of morpholine rings is 1. The van der Waals surface area contributed by atoms with Crippen molar-refractivity contribution in [2.75, 3.05) is 31.6 Å². The highest BCUT2D eigenvalue weighted by molar-refractivity contribution is 6.02. The number of nitrogens with one attached hydrogen (secondary N) is 1. The Morgan fingerprint density at radius 3 is 2.56 bits per heavy atom. The Bertz CT molecular complexity index is 1130. The van der Waals surface area contributed by atoms with E-state index in [9.17, 15) is 9.59 Å². The third kappa shape index (κ3) is 4.55. The van der Waals surface area contributed by atoms with Gasteiger partial charge in [-0.25, -0.2) is 9.67 Å². The van der Waals surface area contributed by atoms with E-state index in [1.807, 2.05) is 25.1 Å². The van der Waals surface area contributed by atoms with Gasteiger partial charge in [-0.1, -0.05) is 38.1 Å². The molecule has 2 heterocycles. The molecule has 0 atom stereocenters. The van der Waals surface area contributed by atoms with Gasteiger partial charge in [-0.2, -0.15) is 0 Å². The minimum absolute atomic E-state index is 0.0750. The first-order chi connectivity index (χ1) is 15.4. The Balaban J connectivity index is 1.53. The molecule has 1 N–H and O–H groups in total. The summed E-state index contributed by atoms with van der Waals surface area (Å²) in [4.78, 5) is 31.7. The number of amides is 2. The number of carbonyl (C=O) groups excluding carboxylic acids is 2.